The van der Waals surface area contributed by atoms with Crippen molar-refractivity contribution in [3.8, 4) is 34.2 Å². The predicted octanol–water partition coefficient (Wildman–Crippen LogP) is 2.98. The molecule has 1 N–H and O–H groups in total. The summed E-state index contributed by atoms with van der Waals surface area (Å²) in [5.41, 5.74) is 2.52. The second-order valence-corrected chi connectivity index (χ2v) is 4.88. The number of rotatable bonds is 3. The summed E-state index contributed by atoms with van der Waals surface area (Å²) in [6.45, 7) is 0. The highest BCUT2D eigenvalue weighted by Gasteiger charge is 2.12. The molecule has 0 aliphatic rings. The molecule has 0 amide bonds. The molecular formula is C18H13N3O2. The van der Waals surface area contributed by atoms with Crippen LogP contribution in [0.25, 0.3) is 22.4 Å². The zero-order valence-electron chi connectivity index (χ0n) is 12.4. The smallest absolute Gasteiger partial charge is 0.266 e. The Morgan fingerprint density at radius 1 is 1.09 bits per heavy atom. The van der Waals surface area contributed by atoms with Crippen molar-refractivity contribution in [1.82, 2.24) is 9.97 Å². The highest BCUT2D eigenvalue weighted by molar-refractivity contribution is 5.75. The van der Waals surface area contributed by atoms with Crippen LogP contribution in [0, 0.1) is 11.3 Å². The SMILES string of the molecule is COc1ccc(-c2cc(-c3ccncc3)c(C#N)c(=O)[nH]2)cc1. The number of aromatic nitrogens is 2. The van der Waals surface area contributed by atoms with Crippen molar-refractivity contribution in [3.05, 3.63) is 70.8 Å². The molecule has 0 saturated carbocycles. The minimum atomic E-state index is -0.410. The molecule has 5 heteroatoms. The number of ether oxygens (including phenoxy) is 1. The molecule has 0 spiro atoms. The van der Waals surface area contributed by atoms with Crippen molar-refractivity contribution in [3.63, 3.8) is 0 Å². The van der Waals surface area contributed by atoms with E-state index < -0.39 is 5.56 Å². The number of nitrogens with one attached hydrogen (secondary N) is 1. The molecule has 0 fully saturated rings. The molecule has 5 nitrogen and oxygen atoms in total. The normalized spacial score (nSPS) is 10.1. The molecule has 0 aliphatic carbocycles. The summed E-state index contributed by atoms with van der Waals surface area (Å²) < 4.78 is 5.14. The van der Waals surface area contributed by atoms with Crippen molar-refractivity contribution in [1.29, 1.82) is 5.26 Å². The van der Waals surface area contributed by atoms with Gasteiger partial charge in [-0.1, -0.05) is 0 Å². The van der Waals surface area contributed by atoms with E-state index in [0.29, 0.717) is 11.3 Å². The van der Waals surface area contributed by atoms with E-state index >= 15 is 0 Å². The Balaban J connectivity index is 2.18. The molecule has 2 aromatic heterocycles. The first-order chi connectivity index (χ1) is 11.2. The van der Waals surface area contributed by atoms with Gasteiger partial charge in [0.05, 0.1) is 7.11 Å². The molecule has 112 valence electrons. The van der Waals surface area contributed by atoms with Gasteiger partial charge in [0.15, 0.2) is 0 Å². The average Bonchev–Trinajstić information content (AvgIpc) is 2.62. The van der Waals surface area contributed by atoms with Gasteiger partial charge in [-0.3, -0.25) is 9.78 Å². The molecule has 0 saturated heterocycles. The van der Waals surface area contributed by atoms with E-state index in [1.807, 2.05) is 30.3 Å². The lowest BCUT2D eigenvalue weighted by Gasteiger charge is -2.08. The van der Waals surface area contributed by atoms with Crippen LogP contribution in [0.15, 0.2) is 59.7 Å². The van der Waals surface area contributed by atoms with Gasteiger partial charge in [-0.25, -0.2) is 0 Å². The molecular weight excluding hydrogens is 290 g/mol. The van der Waals surface area contributed by atoms with E-state index in [9.17, 15) is 10.1 Å². The molecule has 0 radical (unpaired) electrons. The summed E-state index contributed by atoms with van der Waals surface area (Å²) in [5, 5.41) is 9.29. The standard InChI is InChI=1S/C18H13N3O2/c1-23-14-4-2-13(3-5-14)17-10-15(12-6-8-20-9-7-12)16(11-19)18(22)21-17/h2-10H,1H3,(H,21,22). The maximum Gasteiger partial charge on any atom is 0.266 e. The molecule has 0 bridgehead atoms. The molecule has 23 heavy (non-hydrogen) atoms. The van der Waals surface area contributed by atoms with Gasteiger partial charge in [0, 0.05) is 23.7 Å². The van der Waals surface area contributed by atoms with Gasteiger partial charge in [0.25, 0.3) is 5.56 Å². The van der Waals surface area contributed by atoms with E-state index in [0.717, 1.165) is 16.9 Å². The van der Waals surface area contributed by atoms with Gasteiger partial charge in [0.1, 0.15) is 17.4 Å². The van der Waals surface area contributed by atoms with Crippen LogP contribution in [0.1, 0.15) is 5.56 Å². The largest absolute Gasteiger partial charge is 0.497 e. The Bertz CT molecular complexity index is 923. The molecule has 0 atom stereocenters. The summed E-state index contributed by atoms with van der Waals surface area (Å²) in [6, 6.07) is 14.7. The zero-order valence-corrected chi connectivity index (χ0v) is 12.4. The fraction of sp³-hybridized carbons (Fsp3) is 0.0556. The Hall–Kier alpha value is -3.39. The average molecular weight is 303 g/mol. The number of hydrogen-bond donors (Lipinski definition) is 1. The van der Waals surface area contributed by atoms with Crippen molar-refractivity contribution in [2.45, 2.75) is 0 Å². The number of benzene rings is 1. The maximum absolute atomic E-state index is 12.2. The van der Waals surface area contributed by atoms with E-state index in [1.165, 1.54) is 0 Å². The third-order valence-electron chi connectivity index (χ3n) is 3.54. The molecule has 1 aromatic carbocycles. The maximum atomic E-state index is 12.2. The summed E-state index contributed by atoms with van der Waals surface area (Å²) in [7, 11) is 1.60. The fourth-order valence-electron chi connectivity index (χ4n) is 2.36. The predicted molar refractivity (Wildman–Crippen MR) is 87.0 cm³/mol. The van der Waals surface area contributed by atoms with Crippen LogP contribution in [0.3, 0.4) is 0 Å². The number of H-pyrrole nitrogens is 1. The second kappa shape index (κ2) is 6.16. The van der Waals surface area contributed by atoms with E-state index in [2.05, 4.69) is 9.97 Å². The van der Waals surface area contributed by atoms with Crippen LogP contribution in [0.4, 0.5) is 0 Å². The van der Waals surface area contributed by atoms with Gasteiger partial charge in [-0.05, 0) is 53.6 Å². The van der Waals surface area contributed by atoms with Crippen LogP contribution in [-0.4, -0.2) is 17.1 Å². The third-order valence-corrected chi connectivity index (χ3v) is 3.54. The highest BCUT2D eigenvalue weighted by atomic mass is 16.5. The minimum Gasteiger partial charge on any atom is -0.497 e. The molecule has 0 unspecified atom stereocenters. The molecule has 0 aliphatic heterocycles. The van der Waals surface area contributed by atoms with Crippen molar-refractivity contribution in [2.24, 2.45) is 0 Å². The lowest BCUT2D eigenvalue weighted by molar-refractivity contribution is 0.415. The Morgan fingerprint density at radius 2 is 1.78 bits per heavy atom. The van der Waals surface area contributed by atoms with Crippen LogP contribution < -0.4 is 10.3 Å². The first-order valence-electron chi connectivity index (χ1n) is 6.95. The van der Waals surface area contributed by atoms with Crippen LogP contribution >= 0.6 is 0 Å². The Morgan fingerprint density at radius 3 is 2.39 bits per heavy atom. The lowest BCUT2D eigenvalue weighted by Crippen LogP contribution is -2.12. The highest BCUT2D eigenvalue weighted by Crippen LogP contribution is 2.26. The van der Waals surface area contributed by atoms with Crippen LogP contribution in [0.5, 0.6) is 5.75 Å². The van der Waals surface area contributed by atoms with Gasteiger partial charge in [0.2, 0.25) is 0 Å². The number of pyridine rings is 2. The lowest BCUT2D eigenvalue weighted by atomic mass is 10.00. The number of methoxy groups -OCH3 is 1. The fourth-order valence-corrected chi connectivity index (χ4v) is 2.36. The number of nitriles is 1. The van der Waals surface area contributed by atoms with Gasteiger partial charge >= 0.3 is 0 Å². The minimum absolute atomic E-state index is 0.0912. The number of nitrogens with zero attached hydrogens (tertiary/aromatic N) is 2. The van der Waals surface area contributed by atoms with Crippen molar-refractivity contribution in [2.75, 3.05) is 7.11 Å². The monoisotopic (exact) mass is 303 g/mol. The quantitative estimate of drug-likeness (QED) is 0.806. The molecule has 2 heterocycles. The van der Waals surface area contributed by atoms with E-state index in [1.54, 1.807) is 37.7 Å². The first-order valence-corrected chi connectivity index (χ1v) is 6.95. The molecule has 3 aromatic rings. The first kappa shape index (κ1) is 14.5. The third kappa shape index (κ3) is 2.83. The summed E-state index contributed by atoms with van der Waals surface area (Å²) >= 11 is 0. The van der Waals surface area contributed by atoms with E-state index in [4.69, 9.17) is 4.74 Å². The number of aromatic amines is 1. The van der Waals surface area contributed by atoms with Crippen LogP contribution in [-0.2, 0) is 0 Å². The van der Waals surface area contributed by atoms with Gasteiger partial charge < -0.3 is 9.72 Å². The summed E-state index contributed by atoms with van der Waals surface area (Å²) in [6.07, 6.45) is 3.26. The number of hydrogen-bond acceptors (Lipinski definition) is 4. The van der Waals surface area contributed by atoms with Crippen LogP contribution in [0.2, 0.25) is 0 Å². The molecule has 3 rings (SSSR count). The zero-order chi connectivity index (χ0) is 16.2. The van der Waals surface area contributed by atoms with Crippen molar-refractivity contribution < 1.29 is 4.74 Å². The Labute approximate surface area is 132 Å². The topological polar surface area (TPSA) is 78.8 Å². The Kier molecular flexibility index (Phi) is 3.89. The van der Waals surface area contributed by atoms with Gasteiger partial charge in [-0.15, -0.1) is 0 Å². The van der Waals surface area contributed by atoms with E-state index in [-0.39, 0.29) is 5.56 Å². The summed E-state index contributed by atoms with van der Waals surface area (Å²) in [4.78, 5) is 19.0. The second-order valence-electron chi connectivity index (χ2n) is 4.88. The summed E-state index contributed by atoms with van der Waals surface area (Å²) in [5.74, 6) is 0.735. The van der Waals surface area contributed by atoms with Crippen molar-refractivity contribution >= 4 is 0 Å². The van der Waals surface area contributed by atoms with Gasteiger partial charge in [-0.2, -0.15) is 5.26 Å².